The Balaban J connectivity index is 1.86. The first kappa shape index (κ1) is 17.3. The number of benzene rings is 1. The summed E-state index contributed by atoms with van der Waals surface area (Å²) in [5, 5.41) is 0. The Hall–Kier alpha value is -2.54. The second-order valence-corrected chi connectivity index (χ2v) is 6.65. The van der Waals surface area contributed by atoms with Crippen LogP contribution in [0.5, 0.6) is 0 Å². The Morgan fingerprint density at radius 1 is 1.32 bits per heavy atom. The summed E-state index contributed by atoms with van der Waals surface area (Å²) in [7, 11) is 0. The first-order valence-corrected chi connectivity index (χ1v) is 8.72. The van der Waals surface area contributed by atoms with Gasteiger partial charge in [-0.15, -0.1) is 5.92 Å². The molecule has 1 aromatic carbocycles. The van der Waals surface area contributed by atoms with Gasteiger partial charge < -0.3 is 4.74 Å². The van der Waals surface area contributed by atoms with Crippen molar-refractivity contribution in [3.63, 3.8) is 0 Å². The van der Waals surface area contributed by atoms with Gasteiger partial charge in [0, 0.05) is 11.6 Å². The summed E-state index contributed by atoms with van der Waals surface area (Å²) in [4.78, 5) is 25.9. The van der Waals surface area contributed by atoms with Crippen molar-refractivity contribution in [3.05, 3.63) is 47.7 Å². The highest BCUT2D eigenvalue weighted by Crippen LogP contribution is 2.35. The molecule has 0 N–H and O–H groups in total. The molecule has 1 aliphatic heterocycles. The van der Waals surface area contributed by atoms with Crippen LogP contribution in [0.3, 0.4) is 0 Å². The van der Waals surface area contributed by atoms with E-state index in [1.165, 1.54) is 5.56 Å². The van der Waals surface area contributed by atoms with Crippen molar-refractivity contribution in [3.8, 4) is 11.8 Å². The predicted octanol–water partition coefficient (Wildman–Crippen LogP) is 3.57. The minimum atomic E-state index is -0.309. The van der Waals surface area contributed by atoms with Crippen molar-refractivity contribution in [1.82, 2.24) is 4.90 Å². The molecule has 0 radical (unpaired) electrons. The molecule has 0 aromatic heterocycles. The molecule has 1 aromatic rings. The van der Waals surface area contributed by atoms with Crippen LogP contribution < -0.4 is 0 Å². The van der Waals surface area contributed by atoms with Crippen LogP contribution in [0, 0.1) is 23.7 Å². The van der Waals surface area contributed by atoms with Crippen LogP contribution in [0.25, 0.3) is 0 Å². The van der Waals surface area contributed by atoms with E-state index in [4.69, 9.17) is 4.74 Å². The molecule has 0 bridgehead atoms. The van der Waals surface area contributed by atoms with Gasteiger partial charge >= 0.3 is 6.09 Å². The summed E-state index contributed by atoms with van der Waals surface area (Å²) >= 11 is 0. The fourth-order valence-electron chi connectivity index (χ4n) is 3.63. The normalized spacial score (nSPS) is 25.7. The van der Waals surface area contributed by atoms with E-state index >= 15 is 0 Å². The molecule has 2 aliphatic rings. The SMILES string of the molecule is CC#C[C@H]1C[C@@H](C(C)=O)CC=C1N1C(=O)OC[C@H]1Cc1ccccc1. The van der Waals surface area contributed by atoms with Gasteiger partial charge in [-0.2, -0.15) is 0 Å². The Morgan fingerprint density at radius 2 is 2.08 bits per heavy atom. The van der Waals surface area contributed by atoms with E-state index in [1.807, 2.05) is 24.3 Å². The highest BCUT2D eigenvalue weighted by molar-refractivity contribution is 5.79. The molecule has 1 fully saturated rings. The van der Waals surface area contributed by atoms with Crippen molar-refractivity contribution in [2.24, 2.45) is 11.8 Å². The smallest absolute Gasteiger partial charge is 0.414 e. The molecule has 25 heavy (non-hydrogen) atoms. The Morgan fingerprint density at radius 3 is 2.76 bits per heavy atom. The quantitative estimate of drug-likeness (QED) is 0.789. The number of hydrogen-bond acceptors (Lipinski definition) is 3. The molecule has 3 atom stereocenters. The summed E-state index contributed by atoms with van der Waals surface area (Å²) in [6.45, 7) is 3.80. The van der Waals surface area contributed by atoms with E-state index < -0.39 is 0 Å². The number of rotatable bonds is 4. The van der Waals surface area contributed by atoms with Crippen LogP contribution in [0.15, 0.2) is 42.1 Å². The van der Waals surface area contributed by atoms with Crippen LogP contribution in [0.1, 0.15) is 32.3 Å². The molecule has 4 heteroatoms. The van der Waals surface area contributed by atoms with Gasteiger partial charge in [-0.25, -0.2) is 4.79 Å². The third kappa shape index (κ3) is 3.76. The van der Waals surface area contributed by atoms with Crippen molar-refractivity contribution in [1.29, 1.82) is 0 Å². The zero-order valence-corrected chi connectivity index (χ0v) is 14.7. The van der Waals surface area contributed by atoms with E-state index in [1.54, 1.807) is 18.7 Å². The summed E-state index contributed by atoms with van der Waals surface area (Å²) in [5.74, 6) is 6.20. The first-order valence-electron chi connectivity index (χ1n) is 8.72. The van der Waals surface area contributed by atoms with E-state index in [9.17, 15) is 9.59 Å². The van der Waals surface area contributed by atoms with Crippen molar-refractivity contribution in [2.75, 3.05) is 6.61 Å². The number of amides is 1. The fourth-order valence-corrected chi connectivity index (χ4v) is 3.63. The predicted molar refractivity (Wildman–Crippen MR) is 95.5 cm³/mol. The molecule has 0 saturated carbocycles. The van der Waals surface area contributed by atoms with Crippen molar-refractivity contribution >= 4 is 11.9 Å². The maximum atomic E-state index is 12.4. The third-order valence-corrected chi connectivity index (χ3v) is 4.94. The van der Waals surface area contributed by atoms with E-state index in [2.05, 4.69) is 24.0 Å². The first-order chi connectivity index (χ1) is 12.1. The average molecular weight is 337 g/mol. The Kier molecular flexibility index (Phi) is 5.23. The number of carbonyl (C=O) groups excluding carboxylic acids is 2. The summed E-state index contributed by atoms with van der Waals surface area (Å²) in [5.41, 5.74) is 2.07. The summed E-state index contributed by atoms with van der Waals surface area (Å²) in [6, 6.07) is 10.1. The van der Waals surface area contributed by atoms with Gasteiger partial charge in [-0.1, -0.05) is 42.3 Å². The summed E-state index contributed by atoms with van der Waals surface area (Å²) in [6.07, 6.45) is 3.77. The standard InChI is InChI=1S/C21H23NO3/c1-3-7-18-13-17(15(2)23)10-11-20(18)22-19(14-25-21(22)24)12-16-8-5-4-6-9-16/h4-6,8-9,11,17-19H,10,12-14H2,1-2H3/t17-,18-,19+/m0/s1. The zero-order chi connectivity index (χ0) is 17.8. The highest BCUT2D eigenvalue weighted by atomic mass is 16.6. The van der Waals surface area contributed by atoms with E-state index in [0.29, 0.717) is 19.4 Å². The number of cyclic esters (lactones) is 1. The molecule has 1 heterocycles. The number of nitrogens with zero attached hydrogens (tertiary/aromatic N) is 1. The zero-order valence-electron chi connectivity index (χ0n) is 14.7. The van der Waals surface area contributed by atoms with Gasteiger partial charge in [0.2, 0.25) is 0 Å². The van der Waals surface area contributed by atoms with Crippen molar-refractivity contribution in [2.45, 2.75) is 39.2 Å². The van der Waals surface area contributed by atoms with Gasteiger partial charge in [0.05, 0.1) is 12.0 Å². The second-order valence-electron chi connectivity index (χ2n) is 6.65. The average Bonchev–Trinajstić information content (AvgIpc) is 2.96. The number of carbonyl (C=O) groups is 2. The maximum absolute atomic E-state index is 12.4. The highest BCUT2D eigenvalue weighted by Gasteiger charge is 2.40. The van der Waals surface area contributed by atoms with E-state index in [-0.39, 0.29) is 29.8 Å². The van der Waals surface area contributed by atoms with Crippen molar-refractivity contribution < 1.29 is 14.3 Å². The fraction of sp³-hybridized carbons (Fsp3) is 0.429. The molecule has 3 rings (SSSR count). The molecule has 0 unspecified atom stereocenters. The molecule has 1 amide bonds. The monoisotopic (exact) mass is 337 g/mol. The largest absolute Gasteiger partial charge is 0.447 e. The second kappa shape index (κ2) is 7.57. The van der Waals surface area contributed by atoms with Gasteiger partial charge in [-0.05, 0) is 38.7 Å². The van der Waals surface area contributed by atoms with E-state index in [0.717, 1.165) is 12.1 Å². The molecule has 4 nitrogen and oxygen atoms in total. The van der Waals surface area contributed by atoms with Crippen LogP contribution in [0.2, 0.25) is 0 Å². The number of ketones is 1. The lowest BCUT2D eigenvalue weighted by molar-refractivity contribution is -0.121. The van der Waals surface area contributed by atoms with Crippen LogP contribution in [0.4, 0.5) is 4.79 Å². The topological polar surface area (TPSA) is 46.6 Å². The molecular weight excluding hydrogens is 314 g/mol. The van der Waals surface area contributed by atoms with Crippen LogP contribution in [-0.2, 0) is 16.0 Å². The van der Waals surface area contributed by atoms with Crippen LogP contribution >= 0.6 is 0 Å². The minimum Gasteiger partial charge on any atom is -0.447 e. The lowest BCUT2D eigenvalue weighted by Crippen LogP contribution is -2.39. The number of Topliss-reactive ketones (excluding diaryl/α,β-unsaturated/α-hetero) is 1. The number of allylic oxidation sites excluding steroid dienone is 2. The summed E-state index contributed by atoms with van der Waals surface area (Å²) < 4.78 is 5.34. The Bertz CT molecular complexity index is 741. The Labute approximate surface area is 148 Å². The molecular formula is C21H23NO3. The van der Waals surface area contributed by atoms with Gasteiger partial charge in [0.15, 0.2) is 0 Å². The third-order valence-electron chi connectivity index (χ3n) is 4.94. The molecule has 1 saturated heterocycles. The number of ether oxygens (including phenoxy) is 1. The van der Waals surface area contributed by atoms with Crippen LogP contribution in [-0.4, -0.2) is 29.4 Å². The van der Waals surface area contributed by atoms with Gasteiger partial charge in [-0.3, -0.25) is 9.69 Å². The molecule has 0 spiro atoms. The lowest BCUT2D eigenvalue weighted by Gasteiger charge is -2.32. The molecule has 130 valence electrons. The van der Waals surface area contributed by atoms with Gasteiger partial charge in [0.1, 0.15) is 12.4 Å². The maximum Gasteiger partial charge on any atom is 0.414 e. The minimum absolute atomic E-state index is 0.0132. The van der Waals surface area contributed by atoms with Gasteiger partial charge in [0.25, 0.3) is 0 Å². The molecule has 1 aliphatic carbocycles. The lowest BCUT2D eigenvalue weighted by atomic mass is 9.81. The number of hydrogen-bond donors (Lipinski definition) is 0.